The van der Waals surface area contributed by atoms with Crippen LogP contribution in [0.1, 0.15) is 51.2 Å². The molecule has 0 saturated carbocycles. The fraction of sp³-hybridized carbons (Fsp3) is 0.462. The molecule has 37 heavy (non-hydrogen) atoms. The summed E-state index contributed by atoms with van der Waals surface area (Å²) in [4.78, 5) is 27.4. The molecule has 0 aliphatic heterocycles. The summed E-state index contributed by atoms with van der Waals surface area (Å²) in [5.74, 6) is -0.673. The van der Waals surface area contributed by atoms with Gasteiger partial charge in [0.25, 0.3) is 0 Å². The van der Waals surface area contributed by atoms with E-state index in [9.17, 15) is 31.2 Å². The van der Waals surface area contributed by atoms with E-state index in [1.165, 1.54) is 11.0 Å². The molecule has 0 fully saturated rings. The Balaban J connectivity index is 2.19. The molecule has 2 rings (SSSR count). The number of anilines is 1. The van der Waals surface area contributed by atoms with Crippen LogP contribution >= 0.6 is 0 Å². The topological polar surface area (TPSA) is 86.8 Å². The molecule has 0 radical (unpaired) electrons. The second kappa shape index (κ2) is 12.9. The van der Waals surface area contributed by atoms with Crippen molar-refractivity contribution in [1.29, 1.82) is 0 Å². The predicted molar refractivity (Wildman–Crippen MR) is 137 cm³/mol. The first-order valence-electron chi connectivity index (χ1n) is 12.0. The van der Waals surface area contributed by atoms with Crippen LogP contribution in [0.3, 0.4) is 0 Å². The molecule has 0 spiro atoms. The zero-order valence-electron chi connectivity index (χ0n) is 21.5. The molecular formula is C26H34F3N3O4S. The van der Waals surface area contributed by atoms with Crippen LogP contribution < -0.4 is 9.62 Å². The molecule has 2 atom stereocenters. The highest BCUT2D eigenvalue weighted by Crippen LogP contribution is 2.32. The minimum absolute atomic E-state index is 0.0488. The van der Waals surface area contributed by atoms with Crippen LogP contribution in [-0.4, -0.2) is 50.0 Å². The molecule has 2 aromatic carbocycles. The van der Waals surface area contributed by atoms with Gasteiger partial charge in [-0.05, 0) is 50.5 Å². The summed E-state index contributed by atoms with van der Waals surface area (Å²) < 4.78 is 65.0. The monoisotopic (exact) mass is 541 g/mol. The van der Waals surface area contributed by atoms with E-state index in [0.717, 1.165) is 40.7 Å². The number of alkyl halides is 3. The van der Waals surface area contributed by atoms with Crippen molar-refractivity contribution in [3.05, 3.63) is 65.7 Å². The van der Waals surface area contributed by atoms with Crippen molar-refractivity contribution in [2.45, 2.75) is 64.8 Å². The van der Waals surface area contributed by atoms with Gasteiger partial charge in [0.1, 0.15) is 6.04 Å². The van der Waals surface area contributed by atoms with Crippen molar-refractivity contribution in [2.75, 3.05) is 17.1 Å². The first kappa shape index (κ1) is 30.1. The fourth-order valence-electron chi connectivity index (χ4n) is 3.67. The minimum Gasteiger partial charge on any atom is -0.352 e. The third-order valence-electron chi connectivity index (χ3n) is 5.98. The second-order valence-corrected chi connectivity index (χ2v) is 10.9. The lowest BCUT2D eigenvalue weighted by molar-refractivity contribution is -0.140. The smallest absolute Gasteiger partial charge is 0.352 e. The number of hydrogen-bond acceptors (Lipinski definition) is 4. The van der Waals surface area contributed by atoms with Crippen molar-refractivity contribution >= 4 is 27.5 Å². The van der Waals surface area contributed by atoms with Crippen LogP contribution in [0.15, 0.2) is 54.6 Å². The molecule has 2 aromatic rings. The van der Waals surface area contributed by atoms with Crippen molar-refractivity contribution in [3.63, 3.8) is 0 Å². The summed E-state index contributed by atoms with van der Waals surface area (Å²) >= 11 is 0. The van der Waals surface area contributed by atoms with Gasteiger partial charge in [0.2, 0.25) is 21.8 Å². The van der Waals surface area contributed by atoms with Crippen molar-refractivity contribution in [2.24, 2.45) is 0 Å². The summed E-state index contributed by atoms with van der Waals surface area (Å²) in [6.07, 6.45) is -3.05. The largest absolute Gasteiger partial charge is 0.416 e. The van der Waals surface area contributed by atoms with Gasteiger partial charge in [-0.3, -0.25) is 13.9 Å². The zero-order chi connectivity index (χ0) is 27.8. The maximum Gasteiger partial charge on any atom is 0.416 e. The van der Waals surface area contributed by atoms with Crippen LogP contribution in [0.4, 0.5) is 18.9 Å². The van der Waals surface area contributed by atoms with E-state index in [2.05, 4.69) is 5.32 Å². The number of nitrogens with zero attached hydrogens (tertiary/aromatic N) is 2. The molecule has 0 bridgehead atoms. The Labute approximate surface area is 216 Å². The molecule has 0 saturated heterocycles. The molecule has 2 unspecified atom stereocenters. The number of carbonyl (C=O) groups excluding carboxylic acids is 2. The number of sulfonamides is 1. The van der Waals surface area contributed by atoms with Gasteiger partial charge in [-0.25, -0.2) is 8.42 Å². The maximum atomic E-state index is 13.2. The van der Waals surface area contributed by atoms with E-state index < -0.39 is 27.8 Å². The highest BCUT2D eigenvalue weighted by molar-refractivity contribution is 7.92. The fourth-order valence-corrected chi connectivity index (χ4v) is 4.63. The van der Waals surface area contributed by atoms with Gasteiger partial charge in [-0.15, -0.1) is 0 Å². The average Bonchev–Trinajstić information content (AvgIpc) is 2.83. The SMILES string of the molecule is CCC(C)NC(=O)C(C)N(Cc1ccccc1)C(=O)CCCN(c1cccc(C(F)(F)F)c1)S(C)(=O)=O. The number of carbonyl (C=O) groups is 2. The second-order valence-electron chi connectivity index (χ2n) is 8.99. The Morgan fingerprint density at radius 1 is 1.03 bits per heavy atom. The summed E-state index contributed by atoms with van der Waals surface area (Å²) in [5.41, 5.74) is -0.280. The molecule has 0 heterocycles. The third kappa shape index (κ3) is 9.07. The summed E-state index contributed by atoms with van der Waals surface area (Å²) in [6.45, 7) is 5.41. The molecule has 11 heteroatoms. The lowest BCUT2D eigenvalue weighted by Crippen LogP contribution is -2.49. The Kier molecular flexibility index (Phi) is 10.5. The van der Waals surface area contributed by atoms with Crippen LogP contribution in [0.5, 0.6) is 0 Å². The van der Waals surface area contributed by atoms with Crippen LogP contribution in [0, 0.1) is 0 Å². The Hall–Kier alpha value is -3.08. The number of amides is 2. The van der Waals surface area contributed by atoms with Crippen molar-refractivity contribution in [3.8, 4) is 0 Å². The van der Waals surface area contributed by atoms with Crippen molar-refractivity contribution < 1.29 is 31.2 Å². The number of rotatable bonds is 12. The van der Waals surface area contributed by atoms with E-state index >= 15 is 0 Å². The van der Waals surface area contributed by atoms with E-state index in [1.807, 2.05) is 44.2 Å². The number of hydrogen-bond donors (Lipinski definition) is 1. The maximum absolute atomic E-state index is 13.2. The highest BCUT2D eigenvalue weighted by atomic mass is 32.2. The average molecular weight is 542 g/mol. The number of halogens is 3. The van der Waals surface area contributed by atoms with E-state index in [1.54, 1.807) is 6.92 Å². The first-order chi connectivity index (χ1) is 17.2. The lowest BCUT2D eigenvalue weighted by Gasteiger charge is -2.30. The third-order valence-corrected chi connectivity index (χ3v) is 7.17. The molecule has 0 aliphatic carbocycles. The predicted octanol–water partition coefficient (Wildman–Crippen LogP) is 4.58. The molecule has 0 aliphatic rings. The zero-order valence-corrected chi connectivity index (χ0v) is 22.3. The number of nitrogens with one attached hydrogen (secondary N) is 1. The molecular weight excluding hydrogens is 507 g/mol. The highest BCUT2D eigenvalue weighted by Gasteiger charge is 2.32. The normalized spacial score (nSPS) is 13.5. The van der Waals surface area contributed by atoms with Gasteiger partial charge in [0.05, 0.1) is 17.5 Å². The van der Waals surface area contributed by atoms with Gasteiger partial charge in [-0.1, -0.05) is 43.3 Å². The Morgan fingerprint density at radius 3 is 2.24 bits per heavy atom. The Morgan fingerprint density at radius 2 is 1.68 bits per heavy atom. The molecule has 204 valence electrons. The van der Waals surface area contributed by atoms with Gasteiger partial charge >= 0.3 is 6.18 Å². The molecule has 2 amide bonds. The van der Waals surface area contributed by atoms with E-state index in [4.69, 9.17) is 0 Å². The van der Waals surface area contributed by atoms with Crippen LogP contribution in [-0.2, 0) is 32.3 Å². The summed E-state index contributed by atoms with van der Waals surface area (Å²) in [5, 5.41) is 2.87. The molecule has 7 nitrogen and oxygen atoms in total. The lowest BCUT2D eigenvalue weighted by atomic mass is 10.1. The standard InChI is InChI=1S/C26H34F3N3O4S/c1-5-19(2)30-25(34)20(3)31(18-21-11-7-6-8-12-21)24(33)15-10-16-32(37(4,35)36)23-14-9-13-22(17-23)26(27,28)29/h6-9,11-14,17,19-20H,5,10,15-16,18H2,1-4H3,(H,30,34). The van der Waals surface area contributed by atoms with E-state index in [-0.39, 0.29) is 49.5 Å². The molecule has 0 aromatic heterocycles. The minimum atomic E-state index is -4.63. The van der Waals surface area contributed by atoms with E-state index in [0.29, 0.717) is 0 Å². The quantitative estimate of drug-likeness (QED) is 0.426. The van der Waals surface area contributed by atoms with Gasteiger partial charge in [0, 0.05) is 25.6 Å². The molecule has 1 N–H and O–H groups in total. The van der Waals surface area contributed by atoms with Gasteiger partial charge in [-0.2, -0.15) is 13.2 Å². The summed E-state index contributed by atoms with van der Waals surface area (Å²) in [6, 6.07) is 12.3. The first-order valence-corrected chi connectivity index (χ1v) is 13.9. The Bertz CT molecular complexity index is 1160. The number of benzene rings is 2. The van der Waals surface area contributed by atoms with Gasteiger partial charge in [0.15, 0.2) is 0 Å². The summed E-state index contributed by atoms with van der Waals surface area (Å²) in [7, 11) is -3.92. The van der Waals surface area contributed by atoms with Crippen molar-refractivity contribution in [1.82, 2.24) is 10.2 Å². The van der Waals surface area contributed by atoms with Gasteiger partial charge < -0.3 is 10.2 Å². The van der Waals surface area contributed by atoms with Crippen LogP contribution in [0.2, 0.25) is 0 Å². The van der Waals surface area contributed by atoms with Crippen LogP contribution in [0.25, 0.3) is 0 Å².